The molecule has 1 aromatic carbocycles. The molecule has 0 radical (unpaired) electrons. The summed E-state index contributed by atoms with van der Waals surface area (Å²) in [5, 5.41) is 19.5. The Labute approximate surface area is 120 Å². The Morgan fingerprint density at radius 1 is 1.32 bits per heavy atom. The van der Waals surface area contributed by atoms with Crippen LogP contribution < -0.4 is 4.74 Å². The number of aliphatic hydroxyl groups is 2. The highest BCUT2D eigenvalue weighted by atomic mass is 35.5. The Kier molecular flexibility index (Phi) is 4.52. The van der Waals surface area contributed by atoms with Crippen molar-refractivity contribution in [3.8, 4) is 5.75 Å². The molecule has 0 saturated carbocycles. The van der Waals surface area contributed by atoms with Gasteiger partial charge in [-0.25, -0.2) is 0 Å². The van der Waals surface area contributed by atoms with Crippen molar-refractivity contribution < 1.29 is 19.7 Å². The van der Waals surface area contributed by atoms with Gasteiger partial charge >= 0.3 is 0 Å². The maximum absolute atomic E-state index is 11.8. The van der Waals surface area contributed by atoms with Crippen molar-refractivity contribution in [3.05, 3.63) is 28.2 Å². The second-order valence-electron chi connectivity index (χ2n) is 4.30. The van der Waals surface area contributed by atoms with Gasteiger partial charge in [-0.3, -0.25) is 4.79 Å². The normalized spacial score (nSPS) is 22.6. The number of benzene rings is 1. The van der Waals surface area contributed by atoms with Crippen LogP contribution in [0.4, 0.5) is 0 Å². The summed E-state index contributed by atoms with van der Waals surface area (Å²) in [4.78, 5) is 13.1. The predicted octanol–water partition coefficient (Wildman–Crippen LogP) is 0.936. The molecule has 1 heterocycles. The van der Waals surface area contributed by atoms with Gasteiger partial charge < -0.3 is 19.8 Å². The van der Waals surface area contributed by atoms with E-state index in [9.17, 15) is 15.0 Å². The summed E-state index contributed by atoms with van der Waals surface area (Å²) in [7, 11) is 0. The molecule has 5 nitrogen and oxygen atoms in total. The zero-order valence-electron chi connectivity index (χ0n) is 9.92. The smallest absolute Gasteiger partial charge is 0.260 e. The first-order valence-electron chi connectivity index (χ1n) is 5.69. The third kappa shape index (κ3) is 3.51. The molecule has 1 fully saturated rings. The van der Waals surface area contributed by atoms with E-state index in [1.165, 1.54) is 11.0 Å². The van der Waals surface area contributed by atoms with Crippen molar-refractivity contribution in [2.45, 2.75) is 12.2 Å². The van der Waals surface area contributed by atoms with Gasteiger partial charge in [0.2, 0.25) is 0 Å². The molecule has 2 atom stereocenters. The molecule has 0 bridgehead atoms. The van der Waals surface area contributed by atoms with Gasteiger partial charge in [0, 0.05) is 18.1 Å². The lowest BCUT2D eigenvalue weighted by Crippen LogP contribution is -2.34. The Morgan fingerprint density at radius 2 is 1.95 bits per heavy atom. The third-order valence-corrected chi connectivity index (χ3v) is 3.39. The molecule has 7 heteroatoms. The number of carbonyl (C=O) groups excluding carboxylic acids is 1. The van der Waals surface area contributed by atoms with Crippen LogP contribution in [-0.4, -0.2) is 52.9 Å². The zero-order valence-corrected chi connectivity index (χ0v) is 11.4. The second-order valence-corrected chi connectivity index (χ2v) is 5.14. The minimum absolute atomic E-state index is 0.109. The summed E-state index contributed by atoms with van der Waals surface area (Å²) in [5.41, 5.74) is 0. The lowest BCUT2D eigenvalue weighted by atomic mass is 10.3. The SMILES string of the molecule is O=C(COc1ccc(Cl)cc1Cl)N1CC(O)C(O)C1. The molecule has 0 spiro atoms. The minimum atomic E-state index is -0.900. The van der Waals surface area contributed by atoms with Crippen LogP contribution in [0.25, 0.3) is 0 Å². The largest absolute Gasteiger partial charge is 0.482 e. The minimum Gasteiger partial charge on any atom is -0.482 e. The molecular formula is C12H13Cl2NO4. The van der Waals surface area contributed by atoms with Crippen LogP contribution in [0.2, 0.25) is 10.0 Å². The van der Waals surface area contributed by atoms with Crippen LogP contribution in [0, 0.1) is 0 Å². The van der Waals surface area contributed by atoms with Gasteiger partial charge in [-0.1, -0.05) is 23.2 Å². The van der Waals surface area contributed by atoms with E-state index in [1.807, 2.05) is 0 Å². The number of rotatable bonds is 3. The van der Waals surface area contributed by atoms with E-state index in [1.54, 1.807) is 12.1 Å². The maximum atomic E-state index is 11.8. The van der Waals surface area contributed by atoms with E-state index in [2.05, 4.69) is 0 Å². The molecule has 2 N–H and O–H groups in total. The highest BCUT2D eigenvalue weighted by molar-refractivity contribution is 6.35. The first kappa shape index (κ1) is 14.4. The summed E-state index contributed by atoms with van der Waals surface area (Å²) in [5.74, 6) is 0.0429. The number of ether oxygens (including phenoxy) is 1. The Hall–Kier alpha value is -1.01. The number of aliphatic hydroxyl groups excluding tert-OH is 2. The number of β-amino-alcohol motifs (C(OH)–C–C–N with tert-alkyl or cyclic N) is 2. The molecule has 1 aliphatic heterocycles. The van der Waals surface area contributed by atoms with E-state index >= 15 is 0 Å². The van der Waals surface area contributed by atoms with Crippen LogP contribution in [-0.2, 0) is 4.79 Å². The molecule has 1 aromatic rings. The predicted molar refractivity (Wildman–Crippen MR) is 70.6 cm³/mol. The summed E-state index contributed by atoms with van der Waals surface area (Å²) >= 11 is 11.6. The fourth-order valence-corrected chi connectivity index (χ4v) is 2.26. The summed E-state index contributed by atoms with van der Waals surface area (Å²) in [6.45, 7) is 0.0101. The fourth-order valence-electron chi connectivity index (χ4n) is 1.80. The van der Waals surface area contributed by atoms with Gasteiger partial charge in [-0.05, 0) is 18.2 Å². The van der Waals surface area contributed by atoms with Crippen LogP contribution in [0.5, 0.6) is 5.75 Å². The Morgan fingerprint density at radius 3 is 2.53 bits per heavy atom. The topological polar surface area (TPSA) is 70.0 Å². The third-order valence-electron chi connectivity index (χ3n) is 2.86. The number of carbonyl (C=O) groups is 1. The number of likely N-dealkylation sites (tertiary alicyclic amines) is 1. The first-order chi connectivity index (χ1) is 8.97. The monoisotopic (exact) mass is 305 g/mol. The molecule has 19 heavy (non-hydrogen) atoms. The molecular weight excluding hydrogens is 293 g/mol. The van der Waals surface area contributed by atoms with E-state index in [-0.39, 0.29) is 25.6 Å². The highest BCUT2D eigenvalue weighted by Gasteiger charge is 2.32. The standard InChI is InChI=1S/C12H13Cl2NO4/c13-7-1-2-11(8(14)3-7)19-6-12(18)15-4-9(16)10(17)5-15/h1-3,9-10,16-17H,4-6H2. The van der Waals surface area contributed by atoms with Crippen LogP contribution in [0.1, 0.15) is 0 Å². The van der Waals surface area contributed by atoms with Crippen LogP contribution in [0.15, 0.2) is 18.2 Å². The number of amides is 1. The summed E-state index contributed by atoms with van der Waals surface area (Å²) in [6, 6.07) is 4.70. The van der Waals surface area contributed by atoms with Gasteiger partial charge in [0.05, 0.1) is 17.2 Å². The molecule has 2 unspecified atom stereocenters. The fraction of sp³-hybridized carbons (Fsp3) is 0.417. The van der Waals surface area contributed by atoms with Gasteiger partial charge in [0.15, 0.2) is 6.61 Å². The molecule has 0 aliphatic carbocycles. The van der Waals surface area contributed by atoms with E-state index in [4.69, 9.17) is 27.9 Å². The molecule has 0 aromatic heterocycles. The highest BCUT2D eigenvalue weighted by Crippen LogP contribution is 2.27. The van der Waals surface area contributed by atoms with Crippen molar-refractivity contribution in [2.75, 3.05) is 19.7 Å². The van der Waals surface area contributed by atoms with E-state index < -0.39 is 12.2 Å². The Balaban J connectivity index is 1.90. The quantitative estimate of drug-likeness (QED) is 0.872. The molecule has 104 valence electrons. The van der Waals surface area contributed by atoms with Crippen molar-refractivity contribution >= 4 is 29.1 Å². The number of hydrogen-bond acceptors (Lipinski definition) is 4. The number of halogens is 2. The summed E-state index contributed by atoms with van der Waals surface area (Å²) < 4.78 is 5.29. The first-order valence-corrected chi connectivity index (χ1v) is 6.44. The van der Waals surface area contributed by atoms with E-state index in [0.29, 0.717) is 15.8 Å². The molecule has 1 saturated heterocycles. The van der Waals surface area contributed by atoms with Gasteiger partial charge in [-0.15, -0.1) is 0 Å². The zero-order chi connectivity index (χ0) is 14.0. The van der Waals surface area contributed by atoms with E-state index in [0.717, 1.165) is 0 Å². The Bertz CT molecular complexity index is 473. The van der Waals surface area contributed by atoms with Crippen molar-refractivity contribution in [1.82, 2.24) is 4.90 Å². The molecule has 1 aliphatic rings. The lowest BCUT2D eigenvalue weighted by Gasteiger charge is -2.16. The molecule has 1 amide bonds. The second kappa shape index (κ2) is 5.96. The number of hydrogen-bond donors (Lipinski definition) is 2. The lowest BCUT2D eigenvalue weighted by molar-refractivity contribution is -0.132. The van der Waals surface area contributed by atoms with Crippen molar-refractivity contribution in [1.29, 1.82) is 0 Å². The maximum Gasteiger partial charge on any atom is 0.260 e. The van der Waals surface area contributed by atoms with Crippen molar-refractivity contribution in [3.63, 3.8) is 0 Å². The van der Waals surface area contributed by atoms with Gasteiger partial charge in [0.25, 0.3) is 5.91 Å². The van der Waals surface area contributed by atoms with Crippen molar-refractivity contribution in [2.24, 2.45) is 0 Å². The van der Waals surface area contributed by atoms with Crippen LogP contribution in [0.3, 0.4) is 0 Å². The van der Waals surface area contributed by atoms with Gasteiger partial charge in [0.1, 0.15) is 5.75 Å². The van der Waals surface area contributed by atoms with Gasteiger partial charge in [-0.2, -0.15) is 0 Å². The average molecular weight is 306 g/mol. The van der Waals surface area contributed by atoms with Crippen LogP contribution >= 0.6 is 23.2 Å². The average Bonchev–Trinajstić information content (AvgIpc) is 2.68. The summed E-state index contributed by atoms with van der Waals surface area (Å²) in [6.07, 6.45) is -1.80. The number of nitrogens with zero attached hydrogens (tertiary/aromatic N) is 1. The molecule has 2 rings (SSSR count).